The van der Waals surface area contributed by atoms with Gasteiger partial charge < -0.3 is 24.8 Å². The molecule has 0 aromatic heterocycles. The summed E-state index contributed by atoms with van der Waals surface area (Å²) < 4.78 is 11.1. The summed E-state index contributed by atoms with van der Waals surface area (Å²) in [5.41, 5.74) is 3.41. The number of hydrogen-bond donors (Lipinski definition) is 2. The van der Waals surface area contributed by atoms with E-state index in [0.717, 1.165) is 22.3 Å². The number of fused-ring (bicyclic) bond motifs is 3. The first-order valence-electron chi connectivity index (χ1n) is 10.9. The molecule has 1 fully saturated rings. The minimum atomic E-state index is -1.10. The Morgan fingerprint density at radius 1 is 1.15 bits per heavy atom. The molecule has 0 bridgehead atoms. The summed E-state index contributed by atoms with van der Waals surface area (Å²) >= 11 is 0. The Hall–Kier alpha value is -3.39. The first-order chi connectivity index (χ1) is 15.7. The second-order valence-corrected chi connectivity index (χ2v) is 8.89. The van der Waals surface area contributed by atoms with E-state index in [1.54, 1.807) is 6.92 Å². The third-order valence-corrected chi connectivity index (χ3v) is 6.84. The Labute approximate surface area is 192 Å². The van der Waals surface area contributed by atoms with Crippen molar-refractivity contribution in [3.63, 3.8) is 0 Å². The van der Waals surface area contributed by atoms with Crippen molar-refractivity contribution in [2.45, 2.75) is 31.8 Å². The molecule has 1 saturated heterocycles. The van der Waals surface area contributed by atoms with E-state index in [1.807, 2.05) is 36.4 Å². The van der Waals surface area contributed by atoms with E-state index in [-0.39, 0.29) is 25.7 Å². The van der Waals surface area contributed by atoms with Crippen LogP contribution >= 0.6 is 0 Å². The van der Waals surface area contributed by atoms with Crippen molar-refractivity contribution >= 4 is 18.0 Å². The molecule has 0 radical (unpaired) electrons. The first-order valence-corrected chi connectivity index (χ1v) is 10.9. The maximum absolute atomic E-state index is 13.0. The van der Waals surface area contributed by atoms with Crippen LogP contribution in [0.15, 0.2) is 48.5 Å². The lowest BCUT2D eigenvalue weighted by Crippen LogP contribution is -2.56. The van der Waals surface area contributed by atoms with Gasteiger partial charge in [-0.05, 0) is 36.1 Å². The number of carboxylic acids is 1. The zero-order valence-corrected chi connectivity index (χ0v) is 18.9. The van der Waals surface area contributed by atoms with E-state index >= 15 is 0 Å². The van der Waals surface area contributed by atoms with Crippen LogP contribution in [0.2, 0.25) is 0 Å². The number of carboxylic acid groups (broad SMARTS) is 1. The van der Waals surface area contributed by atoms with Crippen LogP contribution < -0.4 is 5.32 Å². The molecular weight excluding hydrogens is 424 g/mol. The fraction of sp³-hybridized carbons (Fsp3) is 0.400. The number of carbonyl (C=O) groups is 3. The number of hydrogen-bond acceptors (Lipinski definition) is 5. The summed E-state index contributed by atoms with van der Waals surface area (Å²) in [5, 5.41) is 12.0. The number of likely N-dealkylation sites (N-methyl/N-ethyl adjacent to an activating group) is 1. The van der Waals surface area contributed by atoms with Gasteiger partial charge in [0.05, 0.1) is 24.7 Å². The molecule has 8 heteroatoms. The Morgan fingerprint density at radius 2 is 1.73 bits per heavy atom. The predicted molar refractivity (Wildman–Crippen MR) is 121 cm³/mol. The number of alkyl carbamates (subject to hydrolysis) is 1. The number of benzene rings is 2. The zero-order chi connectivity index (χ0) is 23.8. The van der Waals surface area contributed by atoms with E-state index in [2.05, 4.69) is 17.4 Å². The Balaban J connectivity index is 1.43. The Morgan fingerprint density at radius 3 is 2.30 bits per heavy atom. The van der Waals surface area contributed by atoms with Crippen LogP contribution in [0, 0.1) is 5.41 Å². The van der Waals surface area contributed by atoms with Crippen LogP contribution in [-0.4, -0.2) is 66.9 Å². The number of nitrogens with one attached hydrogen (secondary N) is 1. The third kappa shape index (κ3) is 4.06. The average Bonchev–Trinajstić information content (AvgIpc) is 3.34. The van der Waals surface area contributed by atoms with E-state index < -0.39 is 35.5 Å². The smallest absolute Gasteiger partial charge is 0.407 e. The van der Waals surface area contributed by atoms with Gasteiger partial charge in [-0.25, -0.2) is 9.59 Å². The standard InChI is InChI=1S/C25H28N2O6/c1-15(22(28)29)27(3)23(30)25(2)14-32-13-21(25)26-24(31)33-12-20-18-10-6-4-8-16(18)17-9-5-7-11-19(17)20/h4-11,15,20-21H,12-14H2,1-3H3,(H,26,31)(H,28,29). The molecule has 8 nitrogen and oxygen atoms in total. The van der Waals surface area contributed by atoms with Gasteiger partial charge in [0.1, 0.15) is 12.6 Å². The van der Waals surface area contributed by atoms with E-state index in [0.29, 0.717) is 0 Å². The average molecular weight is 453 g/mol. The molecule has 0 saturated carbocycles. The topological polar surface area (TPSA) is 105 Å². The molecule has 1 aliphatic heterocycles. The van der Waals surface area contributed by atoms with Gasteiger partial charge in [0.25, 0.3) is 0 Å². The summed E-state index contributed by atoms with van der Waals surface area (Å²) in [6.45, 7) is 3.49. The molecule has 1 aliphatic carbocycles. The van der Waals surface area contributed by atoms with Gasteiger partial charge >= 0.3 is 12.1 Å². The highest BCUT2D eigenvalue weighted by Crippen LogP contribution is 2.44. The molecule has 2 aromatic carbocycles. The van der Waals surface area contributed by atoms with Crippen molar-refractivity contribution in [2.24, 2.45) is 5.41 Å². The number of carbonyl (C=O) groups excluding carboxylic acids is 2. The SMILES string of the molecule is CC(C(=O)O)N(C)C(=O)C1(C)COCC1NC(=O)OCC1c2ccccc2-c2ccccc21. The number of ether oxygens (including phenoxy) is 2. The summed E-state index contributed by atoms with van der Waals surface area (Å²) in [6, 6.07) is 14.5. The normalized spacial score (nSPS) is 22.2. The summed E-state index contributed by atoms with van der Waals surface area (Å²) in [5.74, 6) is -1.58. The van der Waals surface area contributed by atoms with Crippen LogP contribution in [0.4, 0.5) is 4.79 Å². The molecular formula is C25H28N2O6. The maximum atomic E-state index is 13.0. The van der Waals surface area contributed by atoms with Crippen molar-refractivity contribution < 1.29 is 29.0 Å². The summed E-state index contributed by atoms with van der Waals surface area (Å²) in [7, 11) is 1.44. The highest BCUT2D eigenvalue weighted by molar-refractivity contribution is 5.88. The van der Waals surface area contributed by atoms with Gasteiger partial charge in [0.2, 0.25) is 5.91 Å². The molecule has 2 N–H and O–H groups in total. The van der Waals surface area contributed by atoms with Crippen LogP contribution in [0.25, 0.3) is 11.1 Å². The van der Waals surface area contributed by atoms with Gasteiger partial charge in [0, 0.05) is 13.0 Å². The van der Waals surface area contributed by atoms with Crippen LogP contribution in [0.3, 0.4) is 0 Å². The van der Waals surface area contributed by atoms with Crippen molar-refractivity contribution in [2.75, 3.05) is 26.9 Å². The van der Waals surface area contributed by atoms with Crippen molar-refractivity contribution in [3.8, 4) is 11.1 Å². The van der Waals surface area contributed by atoms with Gasteiger partial charge in [0.15, 0.2) is 0 Å². The van der Waals surface area contributed by atoms with Crippen LogP contribution in [0.5, 0.6) is 0 Å². The van der Waals surface area contributed by atoms with Crippen LogP contribution in [-0.2, 0) is 19.1 Å². The fourth-order valence-electron chi connectivity index (χ4n) is 4.61. The molecule has 0 spiro atoms. The lowest BCUT2D eigenvalue weighted by Gasteiger charge is -2.34. The second-order valence-electron chi connectivity index (χ2n) is 8.89. The molecule has 2 aliphatic rings. The molecule has 2 amide bonds. The molecule has 174 valence electrons. The Bertz CT molecular complexity index is 1040. The lowest BCUT2D eigenvalue weighted by atomic mass is 9.83. The maximum Gasteiger partial charge on any atom is 0.407 e. The largest absolute Gasteiger partial charge is 0.480 e. The van der Waals surface area contributed by atoms with E-state index in [1.165, 1.54) is 18.9 Å². The minimum Gasteiger partial charge on any atom is -0.480 e. The van der Waals surface area contributed by atoms with Gasteiger partial charge in [-0.3, -0.25) is 4.79 Å². The molecule has 3 atom stereocenters. The van der Waals surface area contributed by atoms with Gasteiger partial charge in [-0.1, -0.05) is 48.5 Å². The van der Waals surface area contributed by atoms with Gasteiger partial charge in [-0.2, -0.15) is 0 Å². The number of nitrogens with zero attached hydrogens (tertiary/aromatic N) is 1. The highest BCUT2D eigenvalue weighted by atomic mass is 16.5. The summed E-state index contributed by atoms with van der Waals surface area (Å²) in [4.78, 5) is 38.2. The number of rotatable bonds is 6. The molecule has 2 aromatic rings. The quantitative estimate of drug-likeness (QED) is 0.698. The Kier molecular flexibility index (Phi) is 6.12. The highest BCUT2D eigenvalue weighted by Gasteiger charge is 2.49. The molecule has 4 rings (SSSR count). The van der Waals surface area contributed by atoms with Crippen LogP contribution in [0.1, 0.15) is 30.9 Å². The molecule has 1 heterocycles. The predicted octanol–water partition coefficient (Wildman–Crippen LogP) is 2.86. The second kappa shape index (κ2) is 8.86. The van der Waals surface area contributed by atoms with Gasteiger partial charge in [-0.15, -0.1) is 0 Å². The number of amides is 2. The van der Waals surface area contributed by atoms with E-state index in [9.17, 15) is 19.5 Å². The monoisotopic (exact) mass is 452 g/mol. The third-order valence-electron chi connectivity index (χ3n) is 6.84. The zero-order valence-electron chi connectivity index (χ0n) is 18.9. The van der Waals surface area contributed by atoms with E-state index in [4.69, 9.17) is 9.47 Å². The molecule has 33 heavy (non-hydrogen) atoms. The molecule has 3 unspecified atom stereocenters. The number of aliphatic carboxylic acids is 1. The van der Waals surface area contributed by atoms with Crippen molar-refractivity contribution in [1.82, 2.24) is 10.2 Å². The van der Waals surface area contributed by atoms with Crippen molar-refractivity contribution in [3.05, 3.63) is 59.7 Å². The van der Waals surface area contributed by atoms with Crippen molar-refractivity contribution in [1.29, 1.82) is 0 Å². The lowest BCUT2D eigenvalue weighted by molar-refractivity contribution is -0.153. The first kappa shape index (κ1) is 22.8. The summed E-state index contributed by atoms with van der Waals surface area (Å²) in [6.07, 6.45) is -0.639. The fourth-order valence-corrected chi connectivity index (χ4v) is 4.61. The minimum absolute atomic E-state index is 0.0708.